The van der Waals surface area contributed by atoms with Crippen LogP contribution in [0.4, 0.5) is 11.4 Å². The Bertz CT molecular complexity index is 998. The molecule has 2 amide bonds. The van der Waals surface area contributed by atoms with Gasteiger partial charge in [0.25, 0.3) is 5.91 Å². The fraction of sp³-hybridized carbons (Fsp3) is 0.217. The van der Waals surface area contributed by atoms with Crippen molar-refractivity contribution in [1.29, 1.82) is 0 Å². The molecule has 5 heteroatoms. The lowest BCUT2D eigenvalue weighted by Crippen LogP contribution is -2.14. The molecule has 0 bridgehead atoms. The summed E-state index contributed by atoms with van der Waals surface area (Å²) >= 11 is 0. The molecule has 0 aliphatic rings. The number of amides is 2. The van der Waals surface area contributed by atoms with Crippen LogP contribution in [0.3, 0.4) is 0 Å². The van der Waals surface area contributed by atoms with Gasteiger partial charge in [-0.15, -0.1) is 0 Å². The smallest absolute Gasteiger partial charge is 0.259 e. The first-order chi connectivity index (χ1) is 13.6. The van der Waals surface area contributed by atoms with Gasteiger partial charge in [0.2, 0.25) is 5.91 Å². The number of fused-ring (bicyclic) bond motifs is 1. The largest absolute Gasteiger partial charge is 0.496 e. The molecule has 0 radical (unpaired) electrons. The van der Waals surface area contributed by atoms with Gasteiger partial charge >= 0.3 is 0 Å². The molecule has 3 aromatic rings. The van der Waals surface area contributed by atoms with E-state index < -0.39 is 0 Å². The number of hydrogen-bond donors (Lipinski definition) is 2. The highest BCUT2D eigenvalue weighted by atomic mass is 16.5. The summed E-state index contributed by atoms with van der Waals surface area (Å²) in [4.78, 5) is 24.8. The Morgan fingerprint density at radius 2 is 1.57 bits per heavy atom. The standard InChI is InChI=1S/C23H24N2O3/c1-3-4-12-22(26)24-18-10-7-11-19(15-18)25-23(27)20-13-16-8-5-6-9-17(16)14-21(20)28-2/h5-11,13-15H,3-4,12H2,1-2H3,(H,24,26)(H,25,27). The van der Waals surface area contributed by atoms with Crippen LogP contribution in [-0.2, 0) is 4.79 Å². The van der Waals surface area contributed by atoms with Gasteiger partial charge < -0.3 is 15.4 Å². The number of carbonyl (C=O) groups is 2. The normalized spacial score (nSPS) is 10.5. The first-order valence-electron chi connectivity index (χ1n) is 9.38. The van der Waals surface area contributed by atoms with Gasteiger partial charge in [-0.3, -0.25) is 9.59 Å². The van der Waals surface area contributed by atoms with Crippen molar-refractivity contribution in [1.82, 2.24) is 0 Å². The third-order valence-electron chi connectivity index (χ3n) is 4.47. The van der Waals surface area contributed by atoms with Gasteiger partial charge in [0.15, 0.2) is 0 Å². The minimum atomic E-state index is -0.267. The van der Waals surface area contributed by atoms with E-state index in [0.29, 0.717) is 29.1 Å². The predicted molar refractivity (Wildman–Crippen MR) is 113 cm³/mol. The van der Waals surface area contributed by atoms with Gasteiger partial charge in [-0.25, -0.2) is 0 Å². The molecular formula is C23H24N2O3. The topological polar surface area (TPSA) is 67.4 Å². The third-order valence-corrected chi connectivity index (χ3v) is 4.47. The molecule has 0 fully saturated rings. The van der Waals surface area contributed by atoms with Crippen LogP contribution < -0.4 is 15.4 Å². The van der Waals surface area contributed by atoms with Gasteiger partial charge in [0, 0.05) is 17.8 Å². The minimum Gasteiger partial charge on any atom is -0.496 e. The molecule has 3 aromatic carbocycles. The van der Waals surface area contributed by atoms with Crippen molar-refractivity contribution in [2.24, 2.45) is 0 Å². The van der Waals surface area contributed by atoms with Crippen molar-refractivity contribution in [2.45, 2.75) is 26.2 Å². The predicted octanol–water partition coefficient (Wildman–Crippen LogP) is 5.23. The van der Waals surface area contributed by atoms with E-state index in [1.165, 1.54) is 0 Å². The lowest BCUT2D eigenvalue weighted by Gasteiger charge is -2.12. The van der Waals surface area contributed by atoms with Crippen LogP contribution >= 0.6 is 0 Å². The lowest BCUT2D eigenvalue weighted by atomic mass is 10.1. The Morgan fingerprint density at radius 3 is 2.25 bits per heavy atom. The van der Waals surface area contributed by atoms with Gasteiger partial charge in [0.05, 0.1) is 12.7 Å². The summed E-state index contributed by atoms with van der Waals surface area (Å²) in [6, 6.07) is 18.6. The van der Waals surface area contributed by atoms with E-state index in [1.54, 1.807) is 31.4 Å². The van der Waals surface area contributed by atoms with Crippen LogP contribution in [0.25, 0.3) is 10.8 Å². The summed E-state index contributed by atoms with van der Waals surface area (Å²) in [5.74, 6) is 0.221. The fourth-order valence-electron chi connectivity index (χ4n) is 3.00. The molecule has 0 heterocycles. The Kier molecular flexibility index (Phi) is 6.27. The number of rotatable bonds is 7. The van der Waals surface area contributed by atoms with E-state index in [9.17, 15) is 9.59 Å². The maximum Gasteiger partial charge on any atom is 0.259 e. The van der Waals surface area contributed by atoms with E-state index >= 15 is 0 Å². The van der Waals surface area contributed by atoms with E-state index in [-0.39, 0.29) is 11.8 Å². The van der Waals surface area contributed by atoms with Crippen molar-refractivity contribution in [2.75, 3.05) is 17.7 Å². The second kappa shape index (κ2) is 9.04. The monoisotopic (exact) mass is 376 g/mol. The Morgan fingerprint density at radius 1 is 0.893 bits per heavy atom. The first kappa shape index (κ1) is 19.4. The zero-order valence-electron chi connectivity index (χ0n) is 16.1. The number of methoxy groups -OCH3 is 1. The highest BCUT2D eigenvalue weighted by molar-refractivity contribution is 6.09. The number of nitrogens with one attached hydrogen (secondary N) is 2. The summed E-state index contributed by atoms with van der Waals surface area (Å²) in [6.45, 7) is 2.05. The molecule has 0 saturated heterocycles. The molecule has 0 aliphatic carbocycles. The van der Waals surface area contributed by atoms with Gasteiger partial charge in [0.1, 0.15) is 5.75 Å². The van der Waals surface area contributed by atoms with Crippen LogP contribution in [0.5, 0.6) is 5.75 Å². The molecule has 0 unspecified atom stereocenters. The summed E-state index contributed by atoms with van der Waals surface area (Å²) in [7, 11) is 1.55. The van der Waals surface area contributed by atoms with E-state index in [1.807, 2.05) is 43.3 Å². The summed E-state index contributed by atoms with van der Waals surface area (Å²) in [5, 5.41) is 7.72. The van der Waals surface area contributed by atoms with Gasteiger partial charge in [-0.05, 0) is 47.5 Å². The highest BCUT2D eigenvalue weighted by Crippen LogP contribution is 2.27. The summed E-state index contributed by atoms with van der Waals surface area (Å²) < 4.78 is 5.41. The molecule has 2 N–H and O–H groups in total. The van der Waals surface area contributed by atoms with Crippen LogP contribution in [0.15, 0.2) is 60.7 Å². The zero-order chi connectivity index (χ0) is 19.9. The average Bonchev–Trinajstić information content (AvgIpc) is 2.71. The van der Waals surface area contributed by atoms with Crippen molar-refractivity contribution in [3.05, 3.63) is 66.2 Å². The number of ether oxygens (including phenoxy) is 1. The fourth-order valence-corrected chi connectivity index (χ4v) is 3.00. The molecule has 0 spiro atoms. The number of carbonyl (C=O) groups excluding carboxylic acids is 2. The molecule has 28 heavy (non-hydrogen) atoms. The molecule has 0 saturated carbocycles. The molecular weight excluding hydrogens is 352 g/mol. The minimum absolute atomic E-state index is 0.0264. The Balaban J connectivity index is 1.78. The number of unbranched alkanes of at least 4 members (excludes halogenated alkanes) is 1. The third kappa shape index (κ3) is 4.68. The maximum atomic E-state index is 12.8. The SMILES string of the molecule is CCCCC(=O)Nc1cccc(NC(=O)c2cc3ccccc3cc2OC)c1. The summed E-state index contributed by atoms with van der Waals surface area (Å²) in [6.07, 6.45) is 2.31. The van der Waals surface area contributed by atoms with Crippen LogP contribution in [0, 0.1) is 0 Å². The van der Waals surface area contributed by atoms with E-state index in [4.69, 9.17) is 4.74 Å². The second-order valence-electron chi connectivity index (χ2n) is 6.59. The van der Waals surface area contributed by atoms with Crippen molar-refractivity contribution >= 4 is 34.0 Å². The molecule has 5 nitrogen and oxygen atoms in total. The maximum absolute atomic E-state index is 12.8. The lowest BCUT2D eigenvalue weighted by molar-refractivity contribution is -0.116. The molecule has 0 aromatic heterocycles. The van der Waals surface area contributed by atoms with Crippen LogP contribution in [-0.4, -0.2) is 18.9 Å². The molecule has 0 aliphatic heterocycles. The Hall–Kier alpha value is -3.34. The quantitative estimate of drug-likeness (QED) is 0.593. The van der Waals surface area contributed by atoms with Crippen molar-refractivity contribution < 1.29 is 14.3 Å². The first-order valence-corrected chi connectivity index (χ1v) is 9.38. The van der Waals surface area contributed by atoms with E-state index in [2.05, 4.69) is 10.6 Å². The molecule has 0 atom stereocenters. The number of anilines is 2. The van der Waals surface area contributed by atoms with E-state index in [0.717, 1.165) is 23.6 Å². The van der Waals surface area contributed by atoms with Crippen LogP contribution in [0.2, 0.25) is 0 Å². The van der Waals surface area contributed by atoms with Gasteiger partial charge in [-0.1, -0.05) is 43.7 Å². The number of benzene rings is 3. The van der Waals surface area contributed by atoms with Crippen molar-refractivity contribution in [3.8, 4) is 5.75 Å². The van der Waals surface area contributed by atoms with Gasteiger partial charge in [-0.2, -0.15) is 0 Å². The highest BCUT2D eigenvalue weighted by Gasteiger charge is 2.14. The Labute approximate surface area is 164 Å². The molecule has 144 valence electrons. The second-order valence-corrected chi connectivity index (χ2v) is 6.59. The number of hydrogen-bond acceptors (Lipinski definition) is 3. The zero-order valence-corrected chi connectivity index (χ0v) is 16.1. The molecule has 3 rings (SSSR count). The average molecular weight is 376 g/mol. The van der Waals surface area contributed by atoms with Crippen molar-refractivity contribution in [3.63, 3.8) is 0 Å². The summed E-state index contributed by atoms with van der Waals surface area (Å²) in [5.41, 5.74) is 1.72. The van der Waals surface area contributed by atoms with Crippen LogP contribution in [0.1, 0.15) is 36.5 Å².